The van der Waals surface area contributed by atoms with Crippen LogP contribution in [0.15, 0.2) is 17.5 Å². The molecule has 1 aliphatic carbocycles. The third-order valence-corrected chi connectivity index (χ3v) is 5.21. The van der Waals surface area contributed by atoms with Crippen LogP contribution in [0.1, 0.15) is 50.8 Å². The molecule has 0 spiro atoms. The van der Waals surface area contributed by atoms with Crippen molar-refractivity contribution in [3.05, 3.63) is 22.4 Å². The zero-order valence-electron chi connectivity index (χ0n) is 12.5. The summed E-state index contributed by atoms with van der Waals surface area (Å²) in [6.45, 7) is 5.08. The van der Waals surface area contributed by atoms with Crippen LogP contribution in [0.3, 0.4) is 0 Å². The summed E-state index contributed by atoms with van der Waals surface area (Å²) in [5.74, 6) is 0.290. The van der Waals surface area contributed by atoms with Gasteiger partial charge in [0.15, 0.2) is 0 Å². The van der Waals surface area contributed by atoms with Crippen LogP contribution < -0.4 is 5.32 Å². The molecule has 1 atom stereocenters. The van der Waals surface area contributed by atoms with Gasteiger partial charge in [-0.1, -0.05) is 25.3 Å². The fourth-order valence-corrected chi connectivity index (χ4v) is 3.67. The summed E-state index contributed by atoms with van der Waals surface area (Å²) in [6.07, 6.45) is 5.97. The third kappa shape index (κ3) is 3.61. The molecule has 0 aliphatic heterocycles. The Balaban J connectivity index is 2.07. The van der Waals surface area contributed by atoms with Crippen LogP contribution in [-0.4, -0.2) is 18.1 Å². The van der Waals surface area contributed by atoms with Crippen molar-refractivity contribution in [2.45, 2.75) is 58.0 Å². The Labute approximate surface area is 125 Å². The highest BCUT2D eigenvalue weighted by molar-refractivity contribution is 7.09. The van der Waals surface area contributed by atoms with Gasteiger partial charge in [-0.25, -0.2) is 0 Å². The predicted octanol–water partition coefficient (Wildman–Crippen LogP) is 3.74. The molecule has 112 valence electrons. The number of hydrogen-bond donors (Lipinski definition) is 1. The summed E-state index contributed by atoms with van der Waals surface area (Å²) in [4.78, 5) is 13.7. The van der Waals surface area contributed by atoms with E-state index < -0.39 is 5.54 Å². The monoisotopic (exact) mass is 295 g/mol. The van der Waals surface area contributed by atoms with E-state index in [-0.39, 0.29) is 5.97 Å². The minimum atomic E-state index is -0.555. The quantitative estimate of drug-likeness (QED) is 0.813. The maximum absolute atomic E-state index is 12.4. The molecule has 3 nitrogen and oxygen atoms in total. The molecule has 0 radical (unpaired) electrons. The maximum Gasteiger partial charge on any atom is 0.326 e. The number of carbonyl (C=O) groups is 1. The van der Waals surface area contributed by atoms with E-state index in [1.807, 2.05) is 19.9 Å². The topological polar surface area (TPSA) is 38.3 Å². The van der Waals surface area contributed by atoms with E-state index >= 15 is 0 Å². The number of nitrogens with one attached hydrogen (secondary N) is 1. The number of esters is 1. The van der Waals surface area contributed by atoms with Crippen molar-refractivity contribution < 1.29 is 9.53 Å². The van der Waals surface area contributed by atoms with Gasteiger partial charge >= 0.3 is 5.97 Å². The molecule has 4 heteroatoms. The van der Waals surface area contributed by atoms with Crippen LogP contribution in [-0.2, 0) is 16.1 Å². The minimum absolute atomic E-state index is 0.0940. The van der Waals surface area contributed by atoms with Crippen molar-refractivity contribution in [2.24, 2.45) is 5.92 Å². The fourth-order valence-electron chi connectivity index (χ4n) is 3.03. The molecular weight excluding hydrogens is 270 g/mol. The number of thiophene rings is 1. The van der Waals surface area contributed by atoms with E-state index in [1.54, 1.807) is 11.3 Å². The second kappa shape index (κ2) is 7.23. The number of ether oxygens (including phenoxy) is 1. The first-order chi connectivity index (χ1) is 9.66. The molecule has 0 saturated heterocycles. The first kappa shape index (κ1) is 15.5. The van der Waals surface area contributed by atoms with E-state index in [1.165, 1.54) is 24.1 Å². The highest BCUT2D eigenvalue weighted by Crippen LogP contribution is 2.34. The Bertz CT molecular complexity index is 412. The molecule has 0 aromatic carbocycles. The third-order valence-electron chi connectivity index (χ3n) is 4.33. The Kier molecular flexibility index (Phi) is 5.61. The molecule has 2 rings (SSSR count). The number of hydrogen-bond acceptors (Lipinski definition) is 4. The number of rotatable bonds is 6. The van der Waals surface area contributed by atoms with Crippen molar-refractivity contribution >= 4 is 17.3 Å². The van der Waals surface area contributed by atoms with Gasteiger partial charge in [0.25, 0.3) is 0 Å². The summed E-state index contributed by atoms with van der Waals surface area (Å²) in [7, 11) is 0. The summed E-state index contributed by atoms with van der Waals surface area (Å²) in [6, 6.07) is 4.15. The Hall–Kier alpha value is -0.870. The summed E-state index contributed by atoms with van der Waals surface area (Å²) < 4.78 is 5.33. The van der Waals surface area contributed by atoms with Crippen LogP contribution in [0.5, 0.6) is 0 Å². The van der Waals surface area contributed by atoms with E-state index in [2.05, 4.69) is 16.8 Å². The lowest BCUT2D eigenvalue weighted by atomic mass is 9.75. The van der Waals surface area contributed by atoms with Crippen LogP contribution in [0.2, 0.25) is 0 Å². The summed E-state index contributed by atoms with van der Waals surface area (Å²) in [5.41, 5.74) is -0.555. The van der Waals surface area contributed by atoms with E-state index in [4.69, 9.17) is 4.74 Å². The Morgan fingerprint density at radius 1 is 1.45 bits per heavy atom. The van der Waals surface area contributed by atoms with Gasteiger partial charge in [0.2, 0.25) is 0 Å². The second-order valence-electron chi connectivity index (χ2n) is 5.69. The molecule has 1 saturated carbocycles. The highest BCUT2D eigenvalue weighted by atomic mass is 32.1. The Morgan fingerprint density at radius 3 is 2.80 bits per heavy atom. The molecular formula is C16H25NO2S. The van der Waals surface area contributed by atoms with Gasteiger partial charge in [0.05, 0.1) is 6.61 Å². The van der Waals surface area contributed by atoms with Crippen molar-refractivity contribution in [3.8, 4) is 0 Å². The largest absolute Gasteiger partial charge is 0.465 e. The van der Waals surface area contributed by atoms with E-state index in [0.717, 1.165) is 19.4 Å². The van der Waals surface area contributed by atoms with Crippen molar-refractivity contribution in [3.63, 3.8) is 0 Å². The first-order valence-electron chi connectivity index (χ1n) is 7.61. The van der Waals surface area contributed by atoms with Crippen LogP contribution in [0.25, 0.3) is 0 Å². The van der Waals surface area contributed by atoms with Gasteiger partial charge in [-0.2, -0.15) is 0 Å². The second-order valence-corrected chi connectivity index (χ2v) is 6.72. The lowest BCUT2D eigenvalue weighted by Crippen LogP contribution is -2.56. The Morgan fingerprint density at radius 2 is 2.20 bits per heavy atom. The smallest absolute Gasteiger partial charge is 0.326 e. The first-order valence-corrected chi connectivity index (χ1v) is 8.49. The molecule has 20 heavy (non-hydrogen) atoms. The molecule has 1 aromatic rings. The fraction of sp³-hybridized carbons (Fsp3) is 0.688. The van der Waals surface area contributed by atoms with Gasteiger partial charge in [-0.05, 0) is 44.1 Å². The molecule has 1 fully saturated rings. The zero-order chi connectivity index (χ0) is 14.4. The van der Waals surface area contributed by atoms with Crippen molar-refractivity contribution in [1.82, 2.24) is 5.32 Å². The van der Waals surface area contributed by atoms with Gasteiger partial charge < -0.3 is 4.74 Å². The number of carbonyl (C=O) groups excluding carboxylic acids is 1. The normalized spacial score (nSPS) is 19.5. The molecule has 0 bridgehead atoms. The van der Waals surface area contributed by atoms with Crippen LogP contribution >= 0.6 is 11.3 Å². The van der Waals surface area contributed by atoms with Gasteiger partial charge in [-0.3, -0.25) is 10.1 Å². The zero-order valence-corrected chi connectivity index (χ0v) is 13.3. The predicted molar refractivity (Wildman–Crippen MR) is 82.8 cm³/mol. The van der Waals surface area contributed by atoms with E-state index in [0.29, 0.717) is 12.5 Å². The average molecular weight is 295 g/mol. The van der Waals surface area contributed by atoms with Crippen LogP contribution in [0, 0.1) is 5.92 Å². The lowest BCUT2D eigenvalue weighted by Gasteiger charge is -2.38. The molecule has 1 N–H and O–H groups in total. The highest BCUT2D eigenvalue weighted by Gasteiger charge is 2.42. The summed E-state index contributed by atoms with van der Waals surface area (Å²) >= 11 is 1.72. The van der Waals surface area contributed by atoms with Gasteiger partial charge in [0.1, 0.15) is 5.54 Å². The van der Waals surface area contributed by atoms with Crippen molar-refractivity contribution in [2.75, 3.05) is 6.61 Å². The van der Waals surface area contributed by atoms with Crippen LogP contribution in [0.4, 0.5) is 0 Å². The average Bonchev–Trinajstić information content (AvgIpc) is 2.99. The van der Waals surface area contributed by atoms with Gasteiger partial charge in [-0.15, -0.1) is 11.3 Å². The van der Waals surface area contributed by atoms with Crippen molar-refractivity contribution in [1.29, 1.82) is 0 Å². The maximum atomic E-state index is 12.4. The lowest BCUT2D eigenvalue weighted by molar-refractivity contribution is -0.153. The minimum Gasteiger partial charge on any atom is -0.465 e. The molecule has 1 aromatic heterocycles. The summed E-state index contributed by atoms with van der Waals surface area (Å²) in [5, 5.41) is 5.56. The van der Waals surface area contributed by atoms with Gasteiger partial charge in [0, 0.05) is 11.4 Å². The SMILES string of the molecule is CCOC(=O)C(C)(NCc1cccs1)C1CCCCC1. The van der Waals surface area contributed by atoms with E-state index in [9.17, 15) is 4.79 Å². The molecule has 1 unspecified atom stereocenters. The molecule has 0 amide bonds. The standard InChI is InChI=1S/C16H25NO2S/c1-3-19-15(18)16(2,13-8-5-4-6-9-13)17-12-14-10-7-11-20-14/h7,10-11,13,17H,3-6,8-9,12H2,1-2H3. The molecule has 1 aliphatic rings. The molecule has 1 heterocycles.